The summed E-state index contributed by atoms with van der Waals surface area (Å²) in [6.07, 6.45) is 7.65. The van der Waals surface area contributed by atoms with Gasteiger partial charge in [0.2, 0.25) is 0 Å². The van der Waals surface area contributed by atoms with Crippen molar-refractivity contribution in [3.63, 3.8) is 0 Å². The van der Waals surface area contributed by atoms with Gasteiger partial charge in [0.25, 0.3) is 0 Å². The maximum atomic E-state index is 3.49. The third-order valence-electron chi connectivity index (χ3n) is 1.35. The van der Waals surface area contributed by atoms with Crippen LogP contribution in [0.1, 0.15) is 6.42 Å². The highest BCUT2D eigenvalue weighted by Crippen LogP contribution is 2.33. The summed E-state index contributed by atoms with van der Waals surface area (Å²) < 4.78 is 1.47. The Hall–Kier alpha value is 1.17. The van der Waals surface area contributed by atoms with Gasteiger partial charge in [-0.2, -0.15) is 0 Å². The van der Waals surface area contributed by atoms with E-state index in [2.05, 4.69) is 72.7 Å². The predicted octanol–water partition coefficient (Wildman–Crippen LogP) is 3.79. The second-order valence-electron chi connectivity index (χ2n) is 2.30. The molecule has 0 amide bonds. The average molecular weight is 378 g/mol. The van der Waals surface area contributed by atoms with Crippen LogP contribution in [0.15, 0.2) is 22.7 Å². The first-order valence-electron chi connectivity index (χ1n) is 2.96. The topological polar surface area (TPSA) is 0 Å². The Bertz CT molecular complexity index is 186. The minimum atomic E-state index is 0.283. The fraction of sp³-hybridized carbons (Fsp3) is 0.429. The summed E-state index contributed by atoms with van der Waals surface area (Å²) >= 11 is 9.41. The first-order chi connectivity index (χ1) is 4.66. The van der Waals surface area contributed by atoms with Gasteiger partial charge in [-0.1, -0.05) is 72.7 Å². The molecule has 10 heavy (non-hydrogen) atoms. The molecule has 0 fully saturated rings. The molecular formula is C7H7Br2I. The molecule has 0 heterocycles. The summed E-state index contributed by atoms with van der Waals surface area (Å²) in [6.45, 7) is 0. The molecule has 3 heteroatoms. The quantitative estimate of drug-likeness (QED) is 0.482. The van der Waals surface area contributed by atoms with Crippen molar-refractivity contribution in [1.82, 2.24) is 0 Å². The second kappa shape index (κ2) is 3.72. The molecule has 56 valence electrons. The van der Waals surface area contributed by atoms with E-state index in [9.17, 15) is 0 Å². The molecule has 1 atom stereocenters. The largest absolute Gasteiger partial charge is 0.0910 e. The van der Waals surface area contributed by atoms with Crippen molar-refractivity contribution in [2.45, 2.75) is 9.84 Å². The van der Waals surface area contributed by atoms with E-state index in [0.717, 1.165) is 11.8 Å². The molecule has 0 aromatic rings. The summed E-state index contributed by atoms with van der Waals surface area (Å²) in [7, 11) is 0. The SMILES string of the molecule is BrCC1(I)C=C(Br)C=CC1. The van der Waals surface area contributed by atoms with E-state index in [1.165, 1.54) is 4.48 Å². The maximum absolute atomic E-state index is 3.49. The average Bonchev–Trinajstić information content (AvgIpc) is 1.88. The van der Waals surface area contributed by atoms with Crippen molar-refractivity contribution in [2.75, 3.05) is 5.33 Å². The molecule has 0 aromatic heterocycles. The number of hydrogen-bond donors (Lipinski definition) is 0. The van der Waals surface area contributed by atoms with E-state index in [0.29, 0.717) is 0 Å². The lowest BCUT2D eigenvalue weighted by molar-refractivity contribution is 0.852. The van der Waals surface area contributed by atoms with Crippen LogP contribution in [0, 0.1) is 0 Å². The Morgan fingerprint density at radius 3 is 2.80 bits per heavy atom. The molecule has 1 aliphatic rings. The lowest BCUT2D eigenvalue weighted by Crippen LogP contribution is -2.19. The first kappa shape index (κ1) is 9.26. The van der Waals surface area contributed by atoms with Gasteiger partial charge < -0.3 is 0 Å². The zero-order chi connectivity index (χ0) is 7.61. The van der Waals surface area contributed by atoms with E-state index in [1.807, 2.05) is 0 Å². The van der Waals surface area contributed by atoms with Crippen molar-refractivity contribution < 1.29 is 0 Å². The van der Waals surface area contributed by atoms with Crippen molar-refractivity contribution >= 4 is 54.5 Å². The molecule has 0 radical (unpaired) electrons. The van der Waals surface area contributed by atoms with Gasteiger partial charge in [-0.25, -0.2) is 0 Å². The first-order valence-corrected chi connectivity index (χ1v) is 5.95. The number of alkyl halides is 2. The molecule has 0 spiro atoms. The van der Waals surface area contributed by atoms with Crippen molar-refractivity contribution in [3.8, 4) is 0 Å². The highest BCUT2D eigenvalue weighted by molar-refractivity contribution is 14.1. The van der Waals surface area contributed by atoms with E-state index >= 15 is 0 Å². The summed E-state index contributed by atoms with van der Waals surface area (Å²) in [4.78, 5) is 0. The maximum Gasteiger partial charge on any atom is 0.0545 e. The summed E-state index contributed by atoms with van der Waals surface area (Å²) in [5.74, 6) is 0. The summed E-state index contributed by atoms with van der Waals surface area (Å²) in [5.41, 5.74) is 0. The fourth-order valence-electron chi connectivity index (χ4n) is 0.815. The molecule has 0 aromatic carbocycles. The molecule has 1 unspecified atom stereocenters. The third kappa shape index (κ3) is 2.34. The number of allylic oxidation sites excluding steroid dienone is 4. The van der Waals surface area contributed by atoms with Crippen LogP contribution in [0.2, 0.25) is 0 Å². The Kier molecular flexibility index (Phi) is 3.44. The summed E-state index contributed by atoms with van der Waals surface area (Å²) in [5, 5.41) is 1.01. The highest BCUT2D eigenvalue weighted by atomic mass is 127. The number of halogens is 3. The van der Waals surface area contributed by atoms with Crippen LogP contribution < -0.4 is 0 Å². The van der Waals surface area contributed by atoms with Gasteiger partial charge in [0.1, 0.15) is 0 Å². The minimum Gasteiger partial charge on any atom is -0.0910 e. The smallest absolute Gasteiger partial charge is 0.0545 e. The van der Waals surface area contributed by atoms with Gasteiger partial charge >= 0.3 is 0 Å². The van der Waals surface area contributed by atoms with Gasteiger partial charge in [0.15, 0.2) is 0 Å². The van der Waals surface area contributed by atoms with Crippen LogP contribution in [0.4, 0.5) is 0 Å². The molecule has 0 saturated heterocycles. The Morgan fingerprint density at radius 2 is 2.40 bits per heavy atom. The predicted molar refractivity (Wildman–Crippen MR) is 61.3 cm³/mol. The fourth-order valence-corrected chi connectivity index (χ4v) is 2.85. The van der Waals surface area contributed by atoms with Gasteiger partial charge in [0.05, 0.1) is 3.42 Å². The third-order valence-corrected chi connectivity index (χ3v) is 5.03. The molecule has 0 saturated carbocycles. The zero-order valence-electron chi connectivity index (χ0n) is 5.28. The van der Waals surface area contributed by atoms with Crippen LogP contribution >= 0.6 is 54.5 Å². The Balaban J connectivity index is 2.76. The van der Waals surface area contributed by atoms with Crippen molar-refractivity contribution in [2.24, 2.45) is 0 Å². The second-order valence-corrected chi connectivity index (χ2v) is 5.93. The standard InChI is InChI=1S/C7H7Br2I/c8-5-7(10)3-1-2-6(9)4-7/h1-2,4H,3,5H2. The molecular weight excluding hydrogens is 371 g/mol. The Labute approximate surface area is 91.5 Å². The molecule has 0 nitrogen and oxygen atoms in total. The van der Waals surface area contributed by atoms with Crippen molar-refractivity contribution in [1.29, 1.82) is 0 Å². The molecule has 1 aliphatic carbocycles. The van der Waals surface area contributed by atoms with E-state index < -0.39 is 0 Å². The van der Waals surface area contributed by atoms with Crippen LogP contribution in [-0.4, -0.2) is 8.75 Å². The molecule has 0 bridgehead atoms. The van der Waals surface area contributed by atoms with Gasteiger partial charge in [-0.15, -0.1) is 0 Å². The number of hydrogen-bond acceptors (Lipinski definition) is 0. The lowest BCUT2D eigenvalue weighted by atomic mass is 10.0. The monoisotopic (exact) mass is 376 g/mol. The van der Waals surface area contributed by atoms with Gasteiger partial charge in [-0.05, 0) is 6.42 Å². The molecule has 0 aliphatic heterocycles. The summed E-state index contributed by atoms with van der Waals surface area (Å²) in [6, 6.07) is 0. The van der Waals surface area contributed by atoms with Crippen LogP contribution in [-0.2, 0) is 0 Å². The van der Waals surface area contributed by atoms with Crippen LogP contribution in [0.3, 0.4) is 0 Å². The zero-order valence-corrected chi connectivity index (χ0v) is 10.6. The van der Waals surface area contributed by atoms with Crippen LogP contribution in [0.25, 0.3) is 0 Å². The van der Waals surface area contributed by atoms with Gasteiger partial charge in [-0.3, -0.25) is 0 Å². The number of rotatable bonds is 1. The molecule has 0 N–H and O–H groups in total. The lowest BCUT2D eigenvalue weighted by Gasteiger charge is -2.22. The Morgan fingerprint density at radius 1 is 1.70 bits per heavy atom. The normalized spacial score (nSPS) is 32.1. The van der Waals surface area contributed by atoms with Crippen molar-refractivity contribution in [3.05, 3.63) is 22.7 Å². The van der Waals surface area contributed by atoms with E-state index in [-0.39, 0.29) is 3.42 Å². The molecule has 1 rings (SSSR count). The van der Waals surface area contributed by atoms with E-state index in [1.54, 1.807) is 0 Å². The van der Waals surface area contributed by atoms with Gasteiger partial charge in [0, 0.05) is 9.81 Å². The highest BCUT2D eigenvalue weighted by Gasteiger charge is 2.22. The van der Waals surface area contributed by atoms with E-state index in [4.69, 9.17) is 0 Å². The van der Waals surface area contributed by atoms with Crippen LogP contribution in [0.5, 0.6) is 0 Å². The minimum absolute atomic E-state index is 0.283.